The third kappa shape index (κ3) is 5.24. The van der Waals surface area contributed by atoms with Crippen LogP contribution in [-0.4, -0.2) is 68.1 Å². The van der Waals surface area contributed by atoms with Gasteiger partial charge < -0.3 is 19.3 Å². The number of amides is 2. The lowest BCUT2D eigenvalue weighted by Crippen LogP contribution is -2.46. The third-order valence-electron chi connectivity index (χ3n) is 4.55. The molecule has 0 bridgehead atoms. The number of ether oxygens (including phenoxy) is 2. The van der Waals surface area contributed by atoms with E-state index in [1.54, 1.807) is 18.0 Å². The minimum Gasteiger partial charge on any atom is -0.482 e. The molecule has 0 unspecified atom stereocenters. The number of likely N-dealkylation sites (N-methyl/N-ethyl adjacent to an activating group) is 1. The molecule has 28 heavy (non-hydrogen) atoms. The summed E-state index contributed by atoms with van der Waals surface area (Å²) in [6, 6.07) is 15.3. The van der Waals surface area contributed by atoms with E-state index in [4.69, 9.17) is 21.1 Å². The normalized spacial score (nSPS) is 13.9. The van der Waals surface area contributed by atoms with Gasteiger partial charge >= 0.3 is 0 Å². The summed E-state index contributed by atoms with van der Waals surface area (Å²) < 4.78 is 10.8. The van der Waals surface area contributed by atoms with Crippen molar-refractivity contribution in [3.63, 3.8) is 0 Å². The summed E-state index contributed by atoms with van der Waals surface area (Å²) in [7, 11) is 1.59. The molecule has 3 rings (SSSR count). The van der Waals surface area contributed by atoms with Gasteiger partial charge in [0.1, 0.15) is 5.75 Å². The molecule has 1 saturated heterocycles. The lowest BCUT2D eigenvalue weighted by molar-refractivity contribution is -0.142. The quantitative estimate of drug-likeness (QED) is 0.745. The van der Waals surface area contributed by atoms with Crippen LogP contribution < -0.4 is 4.74 Å². The molecule has 0 atom stereocenters. The Kier molecular flexibility index (Phi) is 6.90. The molecule has 1 fully saturated rings. The fourth-order valence-corrected chi connectivity index (χ4v) is 3.12. The number of hydrogen-bond donors (Lipinski definition) is 0. The highest BCUT2D eigenvalue weighted by Gasteiger charge is 2.20. The molecule has 2 aromatic carbocycles. The predicted molar refractivity (Wildman–Crippen MR) is 107 cm³/mol. The molecule has 1 aliphatic rings. The highest BCUT2D eigenvalue weighted by Crippen LogP contribution is 2.30. The minimum absolute atomic E-state index is 0.0167. The Balaban J connectivity index is 1.53. The summed E-state index contributed by atoms with van der Waals surface area (Å²) in [6.45, 7) is 2.01. The number of carbonyl (C=O) groups excluding carboxylic acids is 2. The number of hydrogen-bond acceptors (Lipinski definition) is 4. The average Bonchev–Trinajstić information content (AvgIpc) is 2.73. The Labute approximate surface area is 169 Å². The summed E-state index contributed by atoms with van der Waals surface area (Å²) in [4.78, 5) is 27.6. The van der Waals surface area contributed by atoms with Crippen LogP contribution in [0, 0.1) is 0 Å². The van der Waals surface area contributed by atoms with Gasteiger partial charge in [0.2, 0.25) is 5.91 Å². The number of benzene rings is 2. The van der Waals surface area contributed by atoms with Gasteiger partial charge in [0, 0.05) is 20.1 Å². The van der Waals surface area contributed by atoms with Crippen molar-refractivity contribution < 1.29 is 19.1 Å². The van der Waals surface area contributed by atoms with E-state index >= 15 is 0 Å². The molecule has 0 saturated carbocycles. The zero-order valence-corrected chi connectivity index (χ0v) is 16.5. The van der Waals surface area contributed by atoms with Gasteiger partial charge in [-0.15, -0.1) is 0 Å². The van der Waals surface area contributed by atoms with Gasteiger partial charge in [0.05, 0.1) is 24.8 Å². The molecule has 6 nitrogen and oxygen atoms in total. The van der Waals surface area contributed by atoms with Crippen LogP contribution in [0.1, 0.15) is 0 Å². The summed E-state index contributed by atoms with van der Waals surface area (Å²) in [5.74, 6) is 0.0526. The van der Waals surface area contributed by atoms with Crippen LogP contribution in [0.5, 0.6) is 5.75 Å². The van der Waals surface area contributed by atoms with Gasteiger partial charge in [0.15, 0.2) is 6.61 Å². The number of rotatable bonds is 6. The van der Waals surface area contributed by atoms with Crippen molar-refractivity contribution in [2.75, 3.05) is 46.5 Å². The first-order valence-corrected chi connectivity index (χ1v) is 9.49. The van der Waals surface area contributed by atoms with Crippen molar-refractivity contribution in [2.45, 2.75) is 0 Å². The van der Waals surface area contributed by atoms with Gasteiger partial charge in [-0.05, 0) is 23.3 Å². The molecule has 2 amide bonds. The van der Waals surface area contributed by atoms with Gasteiger partial charge in [-0.25, -0.2) is 0 Å². The molecular weight excluding hydrogens is 380 g/mol. The zero-order valence-electron chi connectivity index (χ0n) is 15.8. The molecule has 0 N–H and O–H groups in total. The molecule has 148 valence electrons. The molecule has 0 aliphatic carbocycles. The SMILES string of the molecule is CN(CC(=O)N1CCOCC1)C(=O)COc1ccc(-c2ccccc2)cc1Cl. The number of carbonyl (C=O) groups is 2. The standard InChI is InChI=1S/C21H23ClN2O4/c1-23(14-20(25)24-9-11-27-12-10-24)21(26)15-28-19-8-7-17(13-18(19)22)16-5-3-2-4-6-16/h2-8,13H,9-12,14-15H2,1H3. The van der Waals surface area contributed by atoms with Crippen LogP contribution in [0.2, 0.25) is 5.02 Å². The van der Waals surface area contributed by atoms with Crippen molar-refractivity contribution in [1.29, 1.82) is 0 Å². The Morgan fingerprint density at radius 1 is 1.11 bits per heavy atom. The van der Waals surface area contributed by atoms with Gasteiger partial charge in [-0.1, -0.05) is 48.0 Å². The second-order valence-corrected chi connectivity index (χ2v) is 6.95. The lowest BCUT2D eigenvalue weighted by atomic mass is 10.1. The molecule has 0 spiro atoms. The maximum Gasteiger partial charge on any atom is 0.260 e. The number of morpholine rings is 1. The van der Waals surface area contributed by atoms with E-state index in [0.717, 1.165) is 11.1 Å². The Hall–Kier alpha value is -2.57. The van der Waals surface area contributed by atoms with Crippen molar-refractivity contribution in [3.05, 3.63) is 53.6 Å². The summed E-state index contributed by atoms with van der Waals surface area (Å²) in [5.41, 5.74) is 2.02. The third-order valence-corrected chi connectivity index (χ3v) is 4.85. The maximum absolute atomic E-state index is 12.3. The Morgan fingerprint density at radius 2 is 1.82 bits per heavy atom. The van der Waals surface area contributed by atoms with Crippen LogP contribution in [0.3, 0.4) is 0 Å². The predicted octanol–water partition coefficient (Wildman–Crippen LogP) is 2.70. The van der Waals surface area contributed by atoms with E-state index in [-0.39, 0.29) is 25.0 Å². The minimum atomic E-state index is -0.287. The second-order valence-electron chi connectivity index (χ2n) is 6.54. The van der Waals surface area contributed by atoms with Crippen molar-refractivity contribution in [2.24, 2.45) is 0 Å². The van der Waals surface area contributed by atoms with Crippen molar-refractivity contribution in [1.82, 2.24) is 9.80 Å². The van der Waals surface area contributed by atoms with E-state index in [0.29, 0.717) is 37.1 Å². The molecule has 1 aliphatic heterocycles. The largest absolute Gasteiger partial charge is 0.482 e. The van der Waals surface area contributed by atoms with Crippen LogP contribution in [0.15, 0.2) is 48.5 Å². The van der Waals surface area contributed by atoms with E-state index < -0.39 is 0 Å². The molecule has 2 aromatic rings. The summed E-state index contributed by atoms with van der Waals surface area (Å²) >= 11 is 6.31. The second kappa shape index (κ2) is 9.57. The molecule has 7 heteroatoms. The van der Waals surface area contributed by atoms with Gasteiger partial charge in [-0.2, -0.15) is 0 Å². The van der Waals surface area contributed by atoms with Crippen LogP contribution in [0.25, 0.3) is 11.1 Å². The topological polar surface area (TPSA) is 59.1 Å². The summed E-state index contributed by atoms with van der Waals surface area (Å²) in [6.07, 6.45) is 0. The van der Waals surface area contributed by atoms with E-state index in [2.05, 4.69) is 0 Å². The van der Waals surface area contributed by atoms with Crippen molar-refractivity contribution >= 4 is 23.4 Å². The maximum atomic E-state index is 12.3. The van der Waals surface area contributed by atoms with Crippen molar-refractivity contribution in [3.8, 4) is 16.9 Å². The molecule has 0 aromatic heterocycles. The fraction of sp³-hybridized carbons (Fsp3) is 0.333. The van der Waals surface area contributed by atoms with E-state index in [1.807, 2.05) is 42.5 Å². The lowest BCUT2D eigenvalue weighted by Gasteiger charge is -2.28. The van der Waals surface area contributed by atoms with E-state index in [1.165, 1.54) is 4.90 Å². The Morgan fingerprint density at radius 3 is 2.50 bits per heavy atom. The highest BCUT2D eigenvalue weighted by molar-refractivity contribution is 6.32. The molecular formula is C21H23ClN2O4. The fourth-order valence-electron chi connectivity index (χ4n) is 2.88. The smallest absolute Gasteiger partial charge is 0.260 e. The number of halogens is 1. The Bertz CT molecular complexity index is 822. The number of nitrogens with zero attached hydrogens (tertiary/aromatic N) is 2. The zero-order chi connectivity index (χ0) is 19.9. The average molecular weight is 403 g/mol. The van der Waals surface area contributed by atoms with Gasteiger partial charge in [-0.3, -0.25) is 9.59 Å². The van der Waals surface area contributed by atoms with Gasteiger partial charge in [0.25, 0.3) is 5.91 Å². The van der Waals surface area contributed by atoms with E-state index in [9.17, 15) is 9.59 Å². The first kappa shape index (κ1) is 20.2. The monoisotopic (exact) mass is 402 g/mol. The molecule has 0 radical (unpaired) electrons. The van der Waals surface area contributed by atoms with Crippen LogP contribution in [0.4, 0.5) is 0 Å². The van der Waals surface area contributed by atoms with Crippen LogP contribution in [-0.2, 0) is 14.3 Å². The first-order valence-electron chi connectivity index (χ1n) is 9.12. The molecule has 1 heterocycles. The highest BCUT2D eigenvalue weighted by atomic mass is 35.5. The first-order chi connectivity index (χ1) is 13.5. The van der Waals surface area contributed by atoms with Crippen LogP contribution >= 0.6 is 11.6 Å². The summed E-state index contributed by atoms with van der Waals surface area (Å²) in [5, 5.41) is 0.432.